The molecule has 1 rings (SSSR count). The topological polar surface area (TPSA) is 66.8 Å². The van der Waals surface area contributed by atoms with Crippen LogP contribution in [0.3, 0.4) is 0 Å². The average molecular weight is 281 g/mol. The summed E-state index contributed by atoms with van der Waals surface area (Å²) >= 11 is 0. The number of hydrogen-bond donors (Lipinski definition) is 1. The third kappa shape index (κ3) is 2.77. The first-order valence-electron chi connectivity index (χ1n) is 6.59. The zero-order valence-electron chi connectivity index (χ0n) is 12.8. The first-order chi connectivity index (χ1) is 9.16. The van der Waals surface area contributed by atoms with Crippen LogP contribution < -0.4 is 0 Å². The summed E-state index contributed by atoms with van der Waals surface area (Å²) in [4.78, 5) is 25.6. The first kappa shape index (κ1) is 16.4. The van der Waals surface area contributed by atoms with E-state index < -0.39 is 17.5 Å². The Kier molecular flexibility index (Phi) is 4.76. The normalized spacial score (nSPS) is 22.1. The number of ether oxygens (including phenoxy) is 1. The third-order valence-corrected chi connectivity index (χ3v) is 3.48. The van der Waals surface area contributed by atoms with Crippen LogP contribution in [-0.2, 0) is 14.3 Å². The van der Waals surface area contributed by atoms with Crippen molar-refractivity contribution >= 4 is 11.9 Å². The number of methoxy groups -OCH3 is 1. The molecule has 1 amide bonds. The molecule has 0 radical (unpaired) electrons. The molecule has 0 unspecified atom stereocenters. The molecule has 0 spiro atoms. The summed E-state index contributed by atoms with van der Waals surface area (Å²) in [5, 5.41) is 10.1. The largest absolute Gasteiger partial charge is 0.464 e. The first-order valence-corrected chi connectivity index (χ1v) is 6.59. The van der Waals surface area contributed by atoms with Crippen LogP contribution in [0.4, 0.5) is 0 Å². The van der Waals surface area contributed by atoms with Gasteiger partial charge in [0.25, 0.3) is 0 Å². The molecule has 1 saturated heterocycles. The molecule has 1 N–H and O–H groups in total. The lowest BCUT2D eigenvalue weighted by Gasteiger charge is -2.51. The van der Waals surface area contributed by atoms with Crippen LogP contribution in [0.25, 0.3) is 0 Å². The van der Waals surface area contributed by atoms with Crippen molar-refractivity contribution in [1.29, 1.82) is 0 Å². The number of likely N-dealkylation sites (tertiary alicyclic amines) is 1. The minimum atomic E-state index is -1.13. The van der Waals surface area contributed by atoms with Gasteiger partial charge in [-0.15, -0.1) is 6.58 Å². The Bertz CT molecular complexity index is 455. The van der Waals surface area contributed by atoms with Crippen LogP contribution >= 0.6 is 0 Å². The van der Waals surface area contributed by atoms with Gasteiger partial charge < -0.3 is 14.7 Å². The van der Waals surface area contributed by atoms with Gasteiger partial charge in [-0.1, -0.05) is 6.08 Å². The fourth-order valence-corrected chi connectivity index (χ4v) is 2.65. The maximum atomic E-state index is 12.3. The van der Waals surface area contributed by atoms with E-state index in [4.69, 9.17) is 4.74 Å². The highest BCUT2D eigenvalue weighted by molar-refractivity contribution is 5.99. The molecule has 2 atom stereocenters. The maximum Gasteiger partial charge on any atom is 0.354 e. The molecule has 1 aliphatic heterocycles. The average Bonchev–Trinajstić information content (AvgIpc) is 2.32. The van der Waals surface area contributed by atoms with Gasteiger partial charge in [0.05, 0.1) is 24.7 Å². The fraction of sp³-hybridized carbons (Fsp3) is 0.600. The number of hydrogen-bond acceptors (Lipinski definition) is 4. The molecule has 1 fully saturated rings. The van der Waals surface area contributed by atoms with Crippen molar-refractivity contribution < 1.29 is 19.4 Å². The van der Waals surface area contributed by atoms with Crippen molar-refractivity contribution in [2.24, 2.45) is 5.92 Å². The van der Waals surface area contributed by atoms with Gasteiger partial charge in [0.2, 0.25) is 5.91 Å². The molecule has 0 saturated carbocycles. The van der Waals surface area contributed by atoms with Gasteiger partial charge in [-0.3, -0.25) is 4.79 Å². The molecule has 0 aromatic heterocycles. The van der Waals surface area contributed by atoms with Gasteiger partial charge in [0, 0.05) is 0 Å². The number of amides is 1. The summed E-state index contributed by atoms with van der Waals surface area (Å²) in [6.07, 6.45) is 2.19. The van der Waals surface area contributed by atoms with Crippen LogP contribution in [0.5, 0.6) is 0 Å². The van der Waals surface area contributed by atoms with Gasteiger partial charge in [-0.05, 0) is 39.7 Å². The quantitative estimate of drug-likeness (QED) is 0.360. The second-order valence-corrected chi connectivity index (χ2v) is 5.77. The number of esters is 1. The summed E-state index contributed by atoms with van der Waals surface area (Å²) in [6, 6.07) is -0.274. The van der Waals surface area contributed by atoms with Crippen LogP contribution in [0.2, 0.25) is 0 Å². The van der Waals surface area contributed by atoms with Crippen molar-refractivity contribution in [2.45, 2.75) is 45.8 Å². The molecular formula is C15H23NO4. The van der Waals surface area contributed by atoms with E-state index in [9.17, 15) is 14.7 Å². The van der Waals surface area contributed by atoms with Crippen LogP contribution in [0, 0.1) is 5.92 Å². The number of carbonyl (C=O) groups is 2. The standard InChI is InChI=1S/C15H23NO4/c1-7-8-10-11(15(4,5)19)13(17)16(10)12(9(2)3)14(18)20-6/h7,10-11,19H,1,8H2,2-6H3/t10-,11-/m1/s1. The molecule has 20 heavy (non-hydrogen) atoms. The molecule has 0 aromatic carbocycles. The number of nitrogens with zero attached hydrogens (tertiary/aromatic N) is 1. The number of β-lactam (4-membered cyclic amide) rings is 1. The van der Waals surface area contributed by atoms with Gasteiger partial charge in [-0.2, -0.15) is 0 Å². The Hall–Kier alpha value is -1.62. The van der Waals surface area contributed by atoms with E-state index in [1.54, 1.807) is 33.8 Å². The van der Waals surface area contributed by atoms with E-state index in [1.165, 1.54) is 12.0 Å². The highest BCUT2D eigenvalue weighted by atomic mass is 16.5. The van der Waals surface area contributed by atoms with Gasteiger partial charge in [0.15, 0.2) is 0 Å². The molecule has 0 bridgehead atoms. The highest BCUT2D eigenvalue weighted by Crippen LogP contribution is 2.40. The lowest BCUT2D eigenvalue weighted by Crippen LogP contribution is -2.67. The highest BCUT2D eigenvalue weighted by Gasteiger charge is 2.55. The van der Waals surface area contributed by atoms with Crippen molar-refractivity contribution in [3.05, 3.63) is 23.9 Å². The van der Waals surface area contributed by atoms with Crippen molar-refractivity contribution in [3.8, 4) is 0 Å². The number of carbonyl (C=O) groups excluding carboxylic acids is 2. The van der Waals surface area contributed by atoms with Gasteiger partial charge in [-0.25, -0.2) is 4.79 Å². The Balaban J connectivity index is 3.18. The zero-order chi connectivity index (χ0) is 15.7. The zero-order valence-corrected chi connectivity index (χ0v) is 12.8. The minimum absolute atomic E-state index is 0.254. The Morgan fingerprint density at radius 2 is 2.05 bits per heavy atom. The molecule has 5 nitrogen and oxygen atoms in total. The second-order valence-electron chi connectivity index (χ2n) is 5.77. The van der Waals surface area contributed by atoms with Crippen molar-refractivity contribution in [1.82, 2.24) is 4.90 Å². The molecule has 1 aliphatic rings. The molecule has 112 valence electrons. The SMILES string of the molecule is C=CC[C@@H]1[C@@H](C(C)(C)O)C(=O)N1C(C(=O)OC)=C(C)C. The number of allylic oxidation sites excluding steroid dienone is 1. The van der Waals surface area contributed by atoms with E-state index in [2.05, 4.69) is 6.58 Å². The minimum Gasteiger partial charge on any atom is -0.464 e. The summed E-state index contributed by atoms with van der Waals surface area (Å²) < 4.78 is 4.75. The van der Waals surface area contributed by atoms with Crippen molar-refractivity contribution in [3.63, 3.8) is 0 Å². The van der Waals surface area contributed by atoms with E-state index in [-0.39, 0.29) is 17.6 Å². The maximum absolute atomic E-state index is 12.3. The van der Waals surface area contributed by atoms with Gasteiger partial charge >= 0.3 is 5.97 Å². The third-order valence-electron chi connectivity index (χ3n) is 3.48. The summed E-state index contributed by atoms with van der Waals surface area (Å²) in [7, 11) is 1.28. The lowest BCUT2D eigenvalue weighted by atomic mass is 9.74. The van der Waals surface area contributed by atoms with E-state index in [1.807, 2.05) is 0 Å². The predicted molar refractivity (Wildman–Crippen MR) is 75.6 cm³/mol. The van der Waals surface area contributed by atoms with Gasteiger partial charge in [0.1, 0.15) is 5.70 Å². The summed E-state index contributed by atoms with van der Waals surface area (Å²) in [6.45, 7) is 10.4. The smallest absolute Gasteiger partial charge is 0.354 e. The lowest BCUT2D eigenvalue weighted by molar-refractivity contribution is -0.172. The molecular weight excluding hydrogens is 258 g/mol. The Morgan fingerprint density at radius 1 is 1.50 bits per heavy atom. The van der Waals surface area contributed by atoms with Crippen LogP contribution in [0.1, 0.15) is 34.1 Å². The second kappa shape index (κ2) is 5.79. The summed E-state index contributed by atoms with van der Waals surface area (Å²) in [5.41, 5.74) is -0.178. The molecule has 1 heterocycles. The predicted octanol–water partition coefficient (Wildman–Crippen LogP) is 1.63. The van der Waals surface area contributed by atoms with Crippen LogP contribution in [-0.4, -0.2) is 40.6 Å². The van der Waals surface area contributed by atoms with E-state index in [0.29, 0.717) is 12.0 Å². The van der Waals surface area contributed by atoms with E-state index in [0.717, 1.165) is 0 Å². The van der Waals surface area contributed by atoms with Crippen molar-refractivity contribution in [2.75, 3.05) is 7.11 Å². The number of aliphatic hydroxyl groups is 1. The van der Waals surface area contributed by atoms with E-state index >= 15 is 0 Å². The molecule has 0 aliphatic carbocycles. The summed E-state index contributed by atoms with van der Waals surface area (Å²) in [5.74, 6) is -1.34. The molecule has 5 heteroatoms. The monoisotopic (exact) mass is 281 g/mol. The van der Waals surface area contributed by atoms with Crippen LogP contribution in [0.15, 0.2) is 23.9 Å². The fourth-order valence-electron chi connectivity index (χ4n) is 2.65. The Labute approximate surface area is 119 Å². The number of rotatable bonds is 5. The molecule has 0 aromatic rings. The Morgan fingerprint density at radius 3 is 2.40 bits per heavy atom.